The van der Waals surface area contributed by atoms with Crippen molar-refractivity contribution in [2.24, 2.45) is 5.73 Å². The largest absolute Gasteiger partial charge is 0.417 e. The molecule has 0 aliphatic carbocycles. The minimum Gasteiger partial charge on any atom is -0.389 e. The Morgan fingerprint density at radius 2 is 2.15 bits per heavy atom. The molecule has 20 heavy (non-hydrogen) atoms. The van der Waals surface area contributed by atoms with E-state index in [1.54, 1.807) is 0 Å². The van der Waals surface area contributed by atoms with Crippen molar-refractivity contribution in [1.29, 1.82) is 0 Å². The van der Waals surface area contributed by atoms with Gasteiger partial charge in [0.15, 0.2) is 0 Å². The summed E-state index contributed by atoms with van der Waals surface area (Å²) in [6.07, 6.45) is -3.41. The van der Waals surface area contributed by atoms with Gasteiger partial charge in [-0.05, 0) is 30.4 Å². The summed E-state index contributed by atoms with van der Waals surface area (Å²) in [5, 5.41) is 0. The first kappa shape index (κ1) is 15.4. The zero-order valence-corrected chi connectivity index (χ0v) is 12.5. The fourth-order valence-corrected chi connectivity index (χ4v) is 3.68. The average molecular weight is 320 g/mol. The molecule has 0 amide bonds. The van der Waals surface area contributed by atoms with Crippen LogP contribution in [0, 0.1) is 0 Å². The number of hydrogen-bond acceptors (Lipinski definition) is 3. The van der Waals surface area contributed by atoms with Crippen molar-refractivity contribution >= 4 is 34.7 Å². The van der Waals surface area contributed by atoms with E-state index in [4.69, 9.17) is 18.0 Å². The first-order valence-corrected chi connectivity index (χ1v) is 7.68. The van der Waals surface area contributed by atoms with Crippen molar-refractivity contribution in [2.45, 2.75) is 18.6 Å². The molecule has 1 unspecified atom stereocenters. The highest BCUT2D eigenvalue weighted by Gasteiger charge is 2.34. The smallest absolute Gasteiger partial charge is 0.389 e. The van der Waals surface area contributed by atoms with E-state index < -0.39 is 11.7 Å². The van der Waals surface area contributed by atoms with Crippen LogP contribution in [0.4, 0.5) is 18.9 Å². The van der Waals surface area contributed by atoms with Crippen molar-refractivity contribution in [3.8, 4) is 0 Å². The zero-order valence-electron chi connectivity index (χ0n) is 10.9. The van der Waals surface area contributed by atoms with Crippen LogP contribution in [0.15, 0.2) is 18.2 Å². The maximum absolute atomic E-state index is 12.9. The summed E-state index contributed by atoms with van der Waals surface area (Å²) >= 11 is 6.61. The molecule has 2 N–H and O–H groups in total. The van der Waals surface area contributed by atoms with Crippen LogP contribution in [0.1, 0.15) is 17.5 Å². The Morgan fingerprint density at radius 1 is 1.45 bits per heavy atom. The second-order valence-corrected chi connectivity index (χ2v) is 6.31. The van der Waals surface area contributed by atoms with E-state index in [0.29, 0.717) is 11.7 Å². The summed E-state index contributed by atoms with van der Waals surface area (Å²) in [6, 6.07) is 4.32. The van der Waals surface area contributed by atoms with Crippen LogP contribution < -0.4 is 10.6 Å². The number of thioether (sulfide) groups is 1. The van der Waals surface area contributed by atoms with Gasteiger partial charge in [0.25, 0.3) is 0 Å². The Morgan fingerprint density at radius 3 is 2.65 bits per heavy atom. The SMILES string of the molecule is CN(c1ccc(C(F)(F)F)c(C(N)=S)c1)C1CCSC1. The number of thiocarbonyl (C=S) groups is 1. The molecule has 0 aromatic heterocycles. The van der Waals surface area contributed by atoms with Gasteiger partial charge in [0.05, 0.1) is 5.56 Å². The van der Waals surface area contributed by atoms with Gasteiger partial charge in [-0.1, -0.05) is 12.2 Å². The topological polar surface area (TPSA) is 29.3 Å². The summed E-state index contributed by atoms with van der Waals surface area (Å²) in [5.74, 6) is 2.07. The highest BCUT2D eigenvalue weighted by atomic mass is 32.2. The third-order valence-corrected chi connectivity index (χ3v) is 4.80. The van der Waals surface area contributed by atoms with Crippen LogP contribution in [-0.2, 0) is 6.18 Å². The lowest BCUT2D eigenvalue weighted by Crippen LogP contribution is -2.31. The van der Waals surface area contributed by atoms with Gasteiger partial charge in [0.2, 0.25) is 0 Å². The van der Waals surface area contributed by atoms with E-state index in [1.807, 2.05) is 23.7 Å². The van der Waals surface area contributed by atoms with Crippen LogP contribution in [0.2, 0.25) is 0 Å². The molecule has 1 aromatic rings. The first-order chi connectivity index (χ1) is 9.30. The molecular formula is C13H15F3N2S2. The van der Waals surface area contributed by atoms with Gasteiger partial charge in [-0.15, -0.1) is 0 Å². The highest BCUT2D eigenvalue weighted by Crippen LogP contribution is 2.35. The van der Waals surface area contributed by atoms with E-state index in [9.17, 15) is 13.2 Å². The number of benzene rings is 1. The Labute approximate surface area is 125 Å². The van der Waals surface area contributed by atoms with Gasteiger partial charge in [0, 0.05) is 30.1 Å². The third kappa shape index (κ3) is 3.20. The lowest BCUT2D eigenvalue weighted by Gasteiger charge is -2.27. The number of hydrogen-bond donors (Lipinski definition) is 1. The van der Waals surface area contributed by atoms with Crippen molar-refractivity contribution in [3.05, 3.63) is 29.3 Å². The molecule has 110 valence electrons. The predicted octanol–water partition coefficient (Wildman–Crippen LogP) is 3.28. The maximum Gasteiger partial charge on any atom is 0.417 e. The molecule has 2 nitrogen and oxygen atoms in total. The van der Waals surface area contributed by atoms with Crippen LogP contribution in [0.25, 0.3) is 0 Å². The van der Waals surface area contributed by atoms with E-state index >= 15 is 0 Å². The second-order valence-electron chi connectivity index (χ2n) is 4.72. The zero-order chi connectivity index (χ0) is 14.9. The van der Waals surface area contributed by atoms with E-state index in [0.717, 1.165) is 24.0 Å². The van der Waals surface area contributed by atoms with E-state index in [2.05, 4.69) is 0 Å². The number of alkyl halides is 3. The summed E-state index contributed by atoms with van der Waals surface area (Å²) in [6.45, 7) is 0. The molecule has 1 aliphatic rings. The highest BCUT2D eigenvalue weighted by molar-refractivity contribution is 7.99. The quantitative estimate of drug-likeness (QED) is 0.866. The molecule has 1 heterocycles. The Kier molecular flexibility index (Phi) is 4.49. The Hall–Kier alpha value is -0.950. The molecular weight excluding hydrogens is 305 g/mol. The monoisotopic (exact) mass is 320 g/mol. The lowest BCUT2D eigenvalue weighted by molar-refractivity contribution is -0.137. The standard InChI is InChI=1S/C13H15F3N2S2/c1-18(9-4-5-20-7-9)8-2-3-11(13(14,15)16)10(6-8)12(17)19/h2-3,6,9H,4-5,7H2,1H3,(H2,17,19). The third-order valence-electron chi connectivity index (χ3n) is 3.43. The van der Waals surface area contributed by atoms with Crippen LogP contribution >= 0.6 is 24.0 Å². The van der Waals surface area contributed by atoms with Crippen molar-refractivity contribution < 1.29 is 13.2 Å². The molecule has 0 saturated carbocycles. The van der Waals surface area contributed by atoms with Gasteiger partial charge in [0.1, 0.15) is 4.99 Å². The number of nitrogens with two attached hydrogens (primary N) is 1. The lowest BCUT2D eigenvalue weighted by atomic mass is 10.0. The molecule has 1 atom stereocenters. The van der Waals surface area contributed by atoms with Gasteiger partial charge < -0.3 is 10.6 Å². The number of halogens is 3. The van der Waals surface area contributed by atoms with Gasteiger partial charge in [-0.2, -0.15) is 24.9 Å². The second kappa shape index (κ2) is 5.81. The van der Waals surface area contributed by atoms with Crippen LogP contribution in [0.3, 0.4) is 0 Å². The summed E-state index contributed by atoms with van der Waals surface area (Å²) < 4.78 is 38.7. The van der Waals surface area contributed by atoms with Crippen molar-refractivity contribution in [3.63, 3.8) is 0 Å². The molecule has 0 bridgehead atoms. The fraction of sp³-hybridized carbons (Fsp3) is 0.462. The van der Waals surface area contributed by atoms with Gasteiger partial charge in [-0.3, -0.25) is 0 Å². The normalized spacial score (nSPS) is 19.1. The minimum atomic E-state index is -4.45. The van der Waals surface area contributed by atoms with Crippen molar-refractivity contribution in [1.82, 2.24) is 0 Å². The maximum atomic E-state index is 12.9. The molecule has 1 aromatic carbocycles. The minimum absolute atomic E-state index is 0.109. The summed E-state index contributed by atoms with van der Waals surface area (Å²) in [4.78, 5) is 1.77. The molecule has 1 aliphatic heterocycles. The average Bonchev–Trinajstić information content (AvgIpc) is 2.89. The van der Waals surface area contributed by atoms with E-state index in [-0.39, 0.29) is 10.6 Å². The summed E-state index contributed by atoms with van der Waals surface area (Å²) in [5.41, 5.74) is 5.27. The Bertz CT molecular complexity index is 511. The first-order valence-electron chi connectivity index (χ1n) is 6.12. The molecule has 0 spiro atoms. The summed E-state index contributed by atoms with van der Waals surface area (Å²) in [7, 11) is 1.89. The van der Waals surface area contributed by atoms with Gasteiger partial charge >= 0.3 is 6.18 Å². The molecule has 0 radical (unpaired) electrons. The van der Waals surface area contributed by atoms with Crippen molar-refractivity contribution in [2.75, 3.05) is 23.5 Å². The van der Waals surface area contributed by atoms with Crippen LogP contribution in [-0.4, -0.2) is 29.6 Å². The molecule has 1 fully saturated rings. The molecule has 7 heteroatoms. The Balaban J connectivity index is 2.37. The van der Waals surface area contributed by atoms with Gasteiger partial charge in [-0.25, -0.2) is 0 Å². The molecule has 2 rings (SSSR count). The number of nitrogens with zero attached hydrogens (tertiary/aromatic N) is 1. The van der Waals surface area contributed by atoms with Crippen LogP contribution in [0.5, 0.6) is 0 Å². The van der Waals surface area contributed by atoms with E-state index in [1.165, 1.54) is 12.1 Å². The predicted molar refractivity (Wildman–Crippen MR) is 81.5 cm³/mol. The molecule has 1 saturated heterocycles. The number of rotatable bonds is 3. The fourth-order valence-electron chi connectivity index (χ4n) is 2.24. The number of anilines is 1.